The molecule has 0 saturated carbocycles. The van der Waals surface area contributed by atoms with Crippen molar-refractivity contribution < 1.29 is 0 Å². The lowest BCUT2D eigenvalue weighted by Crippen LogP contribution is -2.46. The maximum atomic E-state index is 4.66. The van der Waals surface area contributed by atoms with Gasteiger partial charge >= 0.3 is 0 Å². The van der Waals surface area contributed by atoms with Crippen LogP contribution in [0.2, 0.25) is 0 Å². The summed E-state index contributed by atoms with van der Waals surface area (Å²) < 4.78 is 0. The molecule has 1 aliphatic rings. The molecule has 0 bridgehead atoms. The third kappa shape index (κ3) is 2.19. The van der Waals surface area contributed by atoms with E-state index in [1.54, 1.807) is 23.9 Å². The van der Waals surface area contributed by atoms with Gasteiger partial charge in [0, 0.05) is 31.1 Å². The predicted octanol–water partition coefficient (Wildman–Crippen LogP) is 1.75. The molecular weight excluding hydrogens is 298 g/mol. The largest absolute Gasteiger partial charge is 0.352 e. The number of piperazine rings is 1. The van der Waals surface area contributed by atoms with E-state index in [1.165, 1.54) is 4.88 Å². The number of nitrogens with zero attached hydrogens (tertiary/aromatic N) is 6. The Morgan fingerprint density at radius 2 is 1.86 bits per heavy atom. The van der Waals surface area contributed by atoms with Crippen LogP contribution >= 0.6 is 11.3 Å². The van der Waals surface area contributed by atoms with Crippen molar-refractivity contribution in [2.75, 3.05) is 36.0 Å². The number of aromatic nitrogens is 5. The SMILES string of the molecule is Cc1nc(N2CCN(c3ncnc4[nH]ncc34)CC2)sc1C. The zero-order valence-electron chi connectivity index (χ0n) is 12.6. The molecule has 0 atom stereocenters. The molecule has 114 valence electrons. The Labute approximate surface area is 132 Å². The number of H-pyrrole nitrogens is 1. The van der Waals surface area contributed by atoms with Crippen LogP contribution in [0, 0.1) is 13.8 Å². The first kappa shape index (κ1) is 13.4. The van der Waals surface area contributed by atoms with Gasteiger partial charge in [0.25, 0.3) is 0 Å². The van der Waals surface area contributed by atoms with Gasteiger partial charge in [0.05, 0.1) is 17.3 Å². The van der Waals surface area contributed by atoms with Crippen LogP contribution in [0.3, 0.4) is 0 Å². The lowest BCUT2D eigenvalue weighted by Gasteiger charge is -2.35. The van der Waals surface area contributed by atoms with Gasteiger partial charge in [-0.2, -0.15) is 5.10 Å². The van der Waals surface area contributed by atoms with Crippen LogP contribution in [0.1, 0.15) is 10.6 Å². The van der Waals surface area contributed by atoms with Gasteiger partial charge in [0.1, 0.15) is 12.1 Å². The summed E-state index contributed by atoms with van der Waals surface area (Å²) in [7, 11) is 0. The van der Waals surface area contributed by atoms with E-state index in [4.69, 9.17) is 0 Å². The molecule has 0 radical (unpaired) electrons. The van der Waals surface area contributed by atoms with Crippen molar-refractivity contribution in [3.63, 3.8) is 0 Å². The average Bonchev–Trinajstić information content (AvgIpc) is 3.14. The van der Waals surface area contributed by atoms with Crippen LogP contribution in [0.25, 0.3) is 11.0 Å². The Kier molecular flexibility index (Phi) is 3.18. The van der Waals surface area contributed by atoms with Gasteiger partial charge in [-0.05, 0) is 13.8 Å². The summed E-state index contributed by atoms with van der Waals surface area (Å²) in [4.78, 5) is 19.2. The van der Waals surface area contributed by atoms with Crippen molar-refractivity contribution >= 4 is 33.3 Å². The molecule has 7 nitrogen and oxygen atoms in total. The van der Waals surface area contributed by atoms with Crippen LogP contribution in [-0.4, -0.2) is 51.3 Å². The van der Waals surface area contributed by atoms with Crippen LogP contribution in [-0.2, 0) is 0 Å². The molecule has 3 aromatic heterocycles. The third-order valence-electron chi connectivity index (χ3n) is 4.09. The summed E-state index contributed by atoms with van der Waals surface area (Å²) in [6.45, 7) is 7.96. The molecule has 0 aromatic carbocycles. The van der Waals surface area contributed by atoms with Crippen molar-refractivity contribution in [1.29, 1.82) is 0 Å². The van der Waals surface area contributed by atoms with E-state index in [0.717, 1.165) is 53.9 Å². The molecule has 0 aliphatic carbocycles. The fourth-order valence-corrected chi connectivity index (χ4v) is 3.67. The fraction of sp³-hybridized carbons (Fsp3) is 0.429. The summed E-state index contributed by atoms with van der Waals surface area (Å²) in [6, 6.07) is 0. The van der Waals surface area contributed by atoms with E-state index in [0.29, 0.717) is 0 Å². The lowest BCUT2D eigenvalue weighted by molar-refractivity contribution is 0.647. The van der Waals surface area contributed by atoms with Crippen molar-refractivity contribution in [3.05, 3.63) is 23.1 Å². The summed E-state index contributed by atoms with van der Waals surface area (Å²) in [5.74, 6) is 0.963. The second kappa shape index (κ2) is 5.20. The molecule has 0 spiro atoms. The molecule has 4 rings (SSSR count). The standard InChI is InChI=1S/C14H17N7S/c1-9-10(2)22-14(18-9)21-5-3-20(4-6-21)13-11-7-17-19-12(11)15-8-16-13/h7-8H,3-6H2,1-2H3,(H,15,16,17,19). The van der Waals surface area contributed by atoms with Crippen molar-refractivity contribution in [1.82, 2.24) is 25.1 Å². The quantitative estimate of drug-likeness (QED) is 0.777. The first-order valence-electron chi connectivity index (χ1n) is 7.30. The lowest BCUT2D eigenvalue weighted by atomic mass is 10.3. The average molecular weight is 315 g/mol. The Morgan fingerprint density at radius 3 is 2.59 bits per heavy atom. The number of thiazole rings is 1. The maximum Gasteiger partial charge on any atom is 0.185 e. The monoisotopic (exact) mass is 315 g/mol. The van der Waals surface area contributed by atoms with Crippen LogP contribution < -0.4 is 9.80 Å². The highest BCUT2D eigenvalue weighted by Crippen LogP contribution is 2.28. The Hall–Kier alpha value is -2.22. The summed E-state index contributed by atoms with van der Waals surface area (Å²) in [6.07, 6.45) is 3.39. The maximum absolute atomic E-state index is 4.66. The molecule has 4 heterocycles. The molecule has 0 unspecified atom stereocenters. The number of hydrogen-bond acceptors (Lipinski definition) is 7. The van der Waals surface area contributed by atoms with E-state index in [1.807, 2.05) is 0 Å². The highest BCUT2D eigenvalue weighted by molar-refractivity contribution is 7.15. The molecule has 3 aromatic rings. The topological polar surface area (TPSA) is 73.8 Å². The summed E-state index contributed by atoms with van der Waals surface area (Å²) in [5.41, 5.74) is 1.93. The highest BCUT2D eigenvalue weighted by atomic mass is 32.1. The third-order valence-corrected chi connectivity index (χ3v) is 5.23. The minimum absolute atomic E-state index is 0.790. The number of aromatic amines is 1. The number of hydrogen-bond donors (Lipinski definition) is 1. The van der Waals surface area contributed by atoms with Gasteiger partial charge in [0.15, 0.2) is 10.8 Å². The van der Waals surface area contributed by atoms with E-state index < -0.39 is 0 Å². The minimum atomic E-state index is 0.790. The predicted molar refractivity (Wildman–Crippen MR) is 87.7 cm³/mol. The molecule has 0 amide bonds. The molecule has 1 saturated heterocycles. The van der Waals surface area contributed by atoms with Gasteiger partial charge in [-0.25, -0.2) is 15.0 Å². The van der Waals surface area contributed by atoms with Gasteiger partial charge < -0.3 is 9.80 Å². The zero-order chi connectivity index (χ0) is 15.1. The fourth-order valence-electron chi connectivity index (χ4n) is 2.70. The Morgan fingerprint density at radius 1 is 1.09 bits per heavy atom. The van der Waals surface area contributed by atoms with Gasteiger partial charge in [-0.3, -0.25) is 5.10 Å². The normalized spacial score (nSPS) is 15.7. The number of rotatable bonds is 2. The minimum Gasteiger partial charge on any atom is -0.352 e. The van der Waals surface area contributed by atoms with E-state index in [2.05, 4.69) is 48.8 Å². The highest BCUT2D eigenvalue weighted by Gasteiger charge is 2.22. The number of anilines is 2. The smallest absolute Gasteiger partial charge is 0.185 e. The first-order valence-corrected chi connectivity index (χ1v) is 8.12. The van der Waals surface area contributed by atoms with Crippen LogP contribution in [0.5, 0.6) is 0 Å². The van der Waals surface area contributed by atoms with Gasteiger partial charge in [-0.1, -0.05) is 0 Å². The summed E-state index contributed by atoms with van der Waals surface area (Å²) >= 11 is 1.78. The van der Waals surface area contributed by atoms with Crippen molar-refractivity contribution in [3.8, 4) is 0 Å². The van der Waals surface area contributed by atoms with Gasteiger partial charge in [-0.15, -0.1) is 11.3 Å². The second-order valence-electron chi connectivity index (χ2n) is 5.44. The van der Waals surface area contributed by atoms with Crippen molar-refractivity contribution in [2.45, 2.75) is 13.8 Å². The number of nitrogens with one attached hydrogen (secondary N) is 1. The first-order chi connectivity index (χ1) is 10.7. The van der Waals surface area contributed by atoms with Gasteiger partial charge in [0.2, 0.25) is 0 Å². The number of fused-ring (bicyclic) bond motifs is 1. The molecule has 8 heteroatoms. The Bertz CT molecular complexity index is 781. The Balaban J connectivity index is 1.53. The molecule has 1 N–H and O–H groups in total. The molecule has 1 fully saturated rings. The van der Waals surface area contributed by atoms with Crippen LogP contribution in [0.4, 0.5) is 10.9 Å². The molecular formula is C14H17N7S. The van der Waals surface area contributed by atoms with E-state index >= 15 is 0 Å². The van der Waals surface area contributed by atoms with Crippen LogP contribution in [0.15, 0.2) is 12.5 Å². The second-order valence-corrected chi connectivity index (χ2v) is 6.62. The summed E-state index contributed by atoms with van der Waals surface area (Å²) in [5, 5.41) is 9.07. The van der Waals surface area contributed by atoms with Crippen molar-refractivity contribution in [2.24, 2.45) is 0 Å². The zero-order valence-corrected chi connectivity index (χ0v) is 13.4. The van der Waals surface area contributed by atoms with E-state index in [-0.39, 0.29) is 0 Å². The number of aryl methyl sites for hydroxylation is 2. The molecule has 22 heavy (non-hydrogen) atoms. The van der Waals surface area contributed by atoms with E-state index in [9.17, 15) is 0 Å². The molecule has 1 aliphatic heterocycles.